The molecule has 1 saturated carbocycles. The number of nitro groups is 1. The number of benzene rings is 2. The van der Waals surface area contributed by atoms with Crippen LogP contribution in [0.4, 0.5) is 29.3 Å². The van der Waals surface area contributed by atoms with Gasteiger partial charge in [0.15, 0.2) is 11.5 Å². The molecule has 1 aliphatic heterocycles. The van der Waals surface area contributed by atoms with Gasteiger partial charge in [-0.1, -0.05) is 17.7 Å². The van der Waals surface area contributed by atoms with Crippen molar-refractivity contribution in [3.05, 3.63) is 57.1 Å². The zero-order valence-electron chi connectivity index (χ0n) is 22.5. The number of aliphatic carboxylic acids is 1. The largest absolute Gasteiger partial charge is 0.493 e. The predicted octanol–water partition coefficient (Wildman–Crippen LogP) is 5.21. The highest BCUT2D eigenvalue weighted by molar-refractivity contribution is 6.32. The number of urea groups is 1. The number of hydrogen-bond donors (Lipinski definition) is 3. The number of anilines is 1. The lowest BCUT2D eigenvalue weighted by molar-refractivity contribution is -0.384. The third-order valence-corrected chi connectivity index (χ3v) is 7.78. The number of nitro benzene ring substituents is 1. The summed E-state index contributed by atoms with van der Waals surface area (Å²) in [4.78, 5) is 34.5. The molecule has 2 aromatic rings. The number of carbonyl (C=O) groups is 2. The van der Waals surface area contributed by atoms with Gasteiger partial charge in [0.05, 0.1) is 19.1 Å². The van der Waals surface area contributed by atoms with E-state index in [1.807, 2.05) is 6.07 Å². The molecule has 3 unspecified atom stereocenters. The Morgan fingerprint density at radius 1 is 1.15 bits per heavy atom. The minimum atomic E-state index is -5.08. The van der Waals surface area contributed by atoms with Crippen LogP contribution in [0.1, 0.15) is 31.2 Å². The molecular formula is C26H30ClF3N4O7. The number of amides is 2. The van der Waals surface area contributed by atoms with E-state index in [0.29, 0.717) is 11.4 Å². The number of hydrogen-bond acceptors (Lipinski definition) is 7. The summed E-state index contributed by atoms with van der Waals surface area (Å²) in [6.07, 6.45) is -1.49. The van der Waals surface area contributed by atoms with E-state index in [0.717, 1.165) is 38.0 Å². The van der Waals surface area contributed by atoms with Crippen molar-refractivity contribution in [2.45, 2.75) is 49.4 Å². The highest BCUT2D eigenvalue weighted by Gasteiger charge is 2.50. The summed E-state index contributed by atoms with van der Waals surface area (Å²) in [5.74, 6) is -1.33. The number of carboxylic acids is 1. The quantitative estimate of drug-likeness (QED) is 0.302. The number of rotatable bonds is 6. The maximum absolute atomic E-state index is 12.7. The minimum Gasteiger partial charge on any atom is -0.493 e. The Balaban J connectivity index is 0.000000587. The lowest BCUT2D eigenvalue weighted by Crippen LogP contribution is -2.52. The van der Waals surface area contributed by atoms with Gasteiger partial charge in [0.1, 0.15) is 5.02 Å². The third-order valence-electron chi connectivity index (χ3n) is 7.46. The Labute approximate surface area is 238 Å². The number of fused-ring (bicyclic) bond motifs is 1. The number of alkyl halides is 3. The first-order valence-electron chi connectivity index (χ1n) is 12.5. The molecule has 11 nitrogen and oxygen atoms in total. The molecule has 0 radical (unpaired) electrons. The Morgan fingerprint density at radius 3 is 2.39 bits per heavy atom. The molecule has 0 spiro atoms. The lowest BCUT2D eigenvalue weighted by atomic mass is 9.65. The van der Waals surface area contributed by atoms with Gasteiger partial charge in [0.25, 0.3) is 5.69 Å². The number of carboxylic acid groups (broad SMARTS) is 1. The van der Waals surface area contributed by atoms with E-state index >= 15 is 0 Å². The van der Waals surface area contributed by atoms with Crippen molar-refractivity contribution in [3.63, 3.8) is 0 Å². The zero-order chi connectivity index (χ0) is 30.5. The van der Waals surface area contributed by atoms with Crippen LogP contribution in [0, 0.1) is 10.1 Å². The maximum atomic E-state index is 12.7. The zero-order valence-corrected chi connectivity index (χ0v) is 23.2. The van der Waals surface area contributed by atoms with Gasteiger partial charge in [0.2, 0.25) is 0 Å². The molecule has 41 heavy (non-hydrogen) atoms. The predicted molar refractivity (Wildman–Crippen MR) is 144 cm³/mol. The fourth-order valence-electron chi connectivity index (χ4n) is 5.48. The van der Waals surface area contributed by atoms with E-state index in [1.165, 1.54) is 17.7 Å². The van der Waals surface area contributed by atoms with Crippen LogP contribution in [0.25, 0.3) is 0 Å². The van der Waals surface area contributed by atoms with E-state index in [9.17, 15) is 28.1 Å². The number of likely N-dealkylation sites (N-methyl/N-ethyl adjacent to an activating group) is 1. The highest BCUT2D eigenvalue weighted by Crippen LogP contribution is 2.49. The van der Waals surface area contributed by atoms with Crippen LogP contribution in [0.5, 0.6) is 11.5 Å². The molecule has 1 heterocycles. The van der Waals surface area contributed by atoms with E-state index < -0.39 is 17.1 Å². The summed E-state index contributed by atoms with van der Waals surface area (Å²) in [5.41, 5.74) is 1.29. The standard InChI is InChI=1S/C24H29ClN4O5.C2HF3O2/c1-28-11-10-24(15-4-7-20(33-2)21(12-15)34-3)9-8-17(14-22(24)28)27-23(30)26-16-5-6-18(25)19(13-16)29(31)32;3-2(4,5)1(6)7/h4-7,12-13,17,22H,8-11,14H2,1-3H3,(H2,26,27,30);(H,6,7). The van der Waals surface area contributed by atoms with Crippen LogP contribution in [0.2, 0.25) is 5.02 Å². The van der Waals surface area contributed by atoms with Crippen LogP contribution in [-0.2, 0) is 10.2 Å². The topological polar surface area (TPSA) is 143 Å². The number of halogens is 4. The van der Waals surface area contributed by atoms with Gasteiger partial charge in [-0.2, -0.15) is 13.2 Å². The number of likely N-dealkylation sites (tertiary alicyclic amines) is 1. The third kappa shape index (κ3) is 7.30. The molecule has 4 rings (SSSR count). The molecule has 0 aromatic heterocycles. The first-order chi connectivity index (χ1) is 19.2. The van der Waals surface area contributed by atoms with Crippen LogP contribution in [0.15, 0.2) is 36.4 Å². The summed E-state index contributed by atoms with van der Waals surface area (Å²) < 4.78 is 42.7. The Hall–Kier alpha value is -3.78. The molecule has 2 amide bonds. The van der Waals surface area contributed by atoms with Gasteiger partial charge in [-0.05, 0) is 69.1 Å². The fourth-order valence-corrected chi connectivity index (χ4v) is 5.66. The van der Waals surface area contributed by atoms with Crippen molar-refractivity contribution < 1.29 is 42.3 Å². The maximum Gasteiger partial charge on any atom is 0.490 e. The molecular weight excluding hydrogens is 573 g/mol. The van der Waals surface area contributed by atoms with E-state index in [2.05, 4.69) is 34.7 Å². The molecule has 2 aromatic carbocycles. The van der Waals surface area contributed by atoms with Crippen molar-refractivity contribution in [2.75, 3.05) is 33.1 Å². The van der Waals surface area contributed by atoms with Crippen LogP contribution < -0.4 is 20.1 Å². The van der Waals surface area contributed by atoms with Crippen LogP contribution >= 0.6 is 11.6 Å². The smallest absolute Gasteiger partial charge is 0.490 e. The summed E-state index contributed by atoms with van der Waals surface area (Å²) in [6.45, 7) is 0.979. The number of nitrogens with one attached hydrogen (secondary N) is 2. The van der Waals surface area contributed by atoms with Gasteiger partial charge in [-0.25, -0.2) is 9.59 Å². The average Bonchev–Trinajstić information content (AvgIpc) is 3.25. The molecule has 3 N–H and O–H groups in total. The number of carbonyl (C=O) groups excluding carboxylic acids is 1. The van der Waals surface area contributed by atoms with Crippen LogP contribution in [-0.4, -0.2) is 73.0 Å². The summed E-state index contributed by atoms with van der Waals surface area (Å²) in [5, 5.41) is 24.0. The normalized spacial score (nSPS) is 22.0. The van der Waals surface area contributed by atoms with Gasteiger partial charge in [-0.15, -0.1) is 0 Å². The van der Waals surface area contributed by atoms with E-state index in [4.69, 9.17) is 31.0 Å². The SMILES string of the molecule is COc1ccc(C23CCC(NC(=O)Nc4ccc(Cl)c([N+](=O)[O-])c4)CC2N(C)CC3)cc1OC.O=C(O)C(F)(F)F. The second-order valence-electron chi connectivity index (χ2n) is 9.77. The molecule has 1 aliphatic carbocycles. The van der Waals surface area contributed by atoms with Crippen molar-refractivity contribution in [1.82, 2.24) is 10.2 Å². The fraction of sp³-hybridized carbons (Fsp3) is 0.462. The van der Waals surface area contributed by atoms with Gasteiger partial charge in [-0.3, -0.25) is 10.1 Å². The van der Waals surface area contributed by atoms with Gasteiger partial charge < -0.3 is 30.1 Å². The second kappa shape index (κ2) is 12.8. The first-order valence-corrected chi connectivity index (χ1v) is 12.8. The molecule has 0 bridgehead atoms. The molecule has 2 fully saturated rings. The summed E-state index contributed by atoms with van der Waals surface area (Å²) in [7, 11) is 5.40. The van der Waals surface area contributed by atoms with Gasteiger partial charge >= 0.3 is 18.2 Å². The average molecular weight is 603 g/mol. The molecule has 1 saturated heterocycles. The number of nitrogens with zero attached hydrogens (tertiary/aromatic N) is 2. The van der Waals surface area contributed by atoms with Crippen molar-refractivity contribution in [2.24, 2.45) is 0 Å². The summed E-state index contributed by atoms with van der Waals surface area (Å²) in [6, 6.07) is 10.2. The van der Waals surface area contributed by atoms with E-state index in [-0.39, 0.29) is 34.2 Å². The first kappa shape index (κ1) is 31.7. The number of ether oxygens (including phenoxy) is 2. The van der Waals surface area contributed by atoms with E-state index in [1.54, 1.807) is 20.3 Å². The minimum absolute atomic E-state index is 0.0129. The molecule has 2 aliphatic rings. The van der Waals surface area contributed by atoms with Crippen LogP contribution in [0.3, 0.4) is 0 Å². The summed E-state index contributed by atoms with van der Waals surface area (Å²) >= 11 is 5.86. The Kier molecular flexibility index (Phi) is 9.92. The Bertz CT molecular complexity index is 1300. The highest BCUT2D eigenvalue weighted by atomic mass is 35.5. The van der Waals surface area contributed by atoms with Crippen molar-refractivity contribution in [1.29, 1.82) is 0 Å². The lowest BCUT2D eigenvalue weighted by Gasteiger charge is -2.45. The Morgan fingerprint density at radius 2 is 1.80 bits per heavy atom. The molecule has 224 valence electrons. The molecule has 15 heteroatoms. The monoisotopic (exact) mass is 602 g/mol. The number of methoxy groups -OCH3 is 2. The molecule has 3 atom stereocenters. The van der Waals surface area contributed by atoms with Crippen molar-refractivity contribution >= 4 is 35.0 Å². The van der Waals surface area contributed by atoms with Crippen molar-refractivity contribution in [3.8, 4) is 11.5 Å². The second-order valence-corrected chi connectivity index (χ2v) is 10.2. The van der Waals surface area contributed by atoms with Gasteiger partial charge in [0, 0.05) is 29.3 Å².